The SMILES string of the molecule is Cc1ccncc1C1=CC(O)CC(C)(C)C1. The Morgan fingerprint density at radius 2 is 2.19 bits per heavy atom. The second kappa shape index (κ2) is 4.02. The molecular weight excluding hydrogens is 198 g/mol. The summed E-state index contributed by atoms with van der Waals surface area (Å²) in [4.78, 5) is 4.17. The summed E-state index contributed by atoms with van der Waals surface area (Å²) in [5.74, 6) is 0. The molecule has 1 unspecified atom stereocenters. The molecule has 0 aromatic carbocycles. The van der Waals surface area contributed by atoms with Crippen molar-refractivity contribution in [3.8, 4) is 0 Å². The summed E-state index contributed by atoms with van der Waals surface area (Å²) in [5, 5.41) is 9.87. The van der Waals surface area contributed by atoms with Crippen LogP contribution in [-0.4, -0.2) is 16.2 Å². The second-order valence-corrected chi connectivity index (χ2v) is 5.49. The Hall–Kier alpha value is -1.15. The largest absolute Gasteiger partial charge is 0.389 e. The molecule has 1 aromatic heterocycles. The average Bonchev–Trinajstić information content (AvgIpc) is 2.15. The molecule has 0 saturated carbocycles. The molecule has 0 spiro atoms. The Labute approximate surface area is 97.0 Å². The fourth-order valence-corrected chi connectivity index (χ4v) is 2.49. The van der Waals surface area contributed by atoms with E-state index in [-0.39, 0.29) is 11.5 Å². The summed E-state index contributed by atoms with van der Waals surface area (Å²) in [7, 11) is 0. The number of aryl methyl sites for hydroxylation is 1. The van der Waals surface area contributed by atoms with Crippen molar-refractivity contribution in [3.05, 3.63) is 35.7 Å². The van der Waals surface area contributed by atoms with Gasteiger partial charge in [0.25, 0.3) is 0 Å². The standard InChI is InChI=1S/C14H19NO/c1-10-4-5-15-9-13(10)11-6-12(16)8-14(2,3)7-11/h4-6,9,12,16H,7-8H2,1-3H3. The molecule has 1 atom stereocenters. The van der Waals surface area contributed by atoms with Gasteiger partial charge >= 0.3 is 0 Å². The summed E-state index contributed by atoms with van der Waals surface area (Å²) in [5.41, 5.74) is 3.81. The molecule has 0 amide bonds. The summed E-state index contributed by atoms with van der Waals surface area (Å²) >= 11 is 0. The van der Waals surface area contributed by atoms with Gasteiger partial charge in [-0.2, -0.15) is 0 Å². The lowest BCUT2D eigenvalue weighted by molar-refractivity contribution is 0.146. The van der Waals surface area contributed by atoms with E-state index < -0.39 is 0 Å². The van der Waals surface area contributed by atoms with Gasteiger partial charge < -0.3 is 5.11 Å². The van der Waals surface area contributed by atoms with Crippen LogP contribution in [0.2, 0.25) is 0 Å². The number of aliphatic hydroxyl groups is 1. The number of allylic oxidation sites excluding steroid dienone is 1. The highest BCUT2D eigenvalue weighted by molar-refractivity contribution is 5.69. The van der Waals surface area contributed by atoms with E-state index in [1.807, 2.05) is 24.5 Å². The predicted octanol–water partition coefficient (Wildman–Crippen LogP) is 2.95. The molecule has 1 aliphatic rings. The first-order chi connectivity index (χ1) is 7.48. The van der Waals surface area contributed by atoms with E-state index in [1.165, 1.54) is 16.7 Å². The van der Waals surface area contributed by atoms with E-state index in [0.29, 0.717) is 0 Å². The minimum Gasteiger partial charge on any atom is -0.389 e. The van der Waals surface area contributed by atoms with E-state index in [0.717, 1.165) is 12.8 Å². The molecule has 2 rings (SSSR count). The summed E-state index contributed by atoms with van der Waals surface area (Å²) in [6.45, 7) is 6.50. The molecule has 1 aliphatic carbocycles. The Balaban J connectivity index is 2.38. The van der Waals surface area contributed by atoms with Gasteiger partial charge in [-0.3, -0.25) is 4.98 Å². The van der Waals surface area contributed by atoms with Crippen molar-refractivity contribution in [3.63, 3.8) is 0 Å². The summed E-state index contributed by atoms with van der Waals surface area (Å²) in [6.07, 6.45) is 7.22. The highest BCUT2D eigenvalue weighted by Gasteiger charge is 2.28. The van der Waals surface area contributed by atoms with E-state index in [4.69, 9.17) is 0 Å². The van der Waals surface area contributed by atoms with Crippen LogP contribution >= 0.6 is 0 Å². The topological polar surface area (TPSA) is 33.1 Å². The maximum Gasteiger partial charge on any atom is 0.0732 e. The fourth-order valence-electron chi connectivity index (χ4n) is 2.49. The fraction of sp³-hybridized carbons (Fsp3) is 0.500. The molecule has 1 heterocycles. The monoisotopic (exact) mass is 217 g/mol. The Morgan fingerprint density at radius 1 is 1.44 bits per heavy atom. The third kappa shape index (κ3) is 2.33. The van der Waals surface area contributed by atoms with Crippen molar-refractivity contribution in [2.24, 2.45) is 5.41 Å². The quantitative estimate of drug-likeness (QED) is 0.784. The van der Waals surface area contributed by atoms with Crippen LogP contribution in [0.15, 0.2) is 24.5 Å². The number of hydrogen-bond acceptors (Lipinski definition) is 2. The molecule has 2 nitrogen and oxygen atoms in total. The molecule has 0 bridgehead atoms. The van der Waals surface area contributed by atoms with Crippen molar-refractivity contribution < 1.29 is 5.11 Å². The zero-order valence-corrected chi connectivity index (χ0v) is 10.2. The van der Waals surface area contributed by atoms with Crippen molar-refractivity contribution in [2.75, 3.05) is 0 Å². The maximum atomic E-state index is 9.87. The van der Waals surface area contributed by atoms with Crippen molar-refractivity contribution in [1.82, 2.24) is 4.98 Å². The van der Waals surface area contributed by atoms with Crippen LogP contribution in [0.1, 0.15) is 37.8 Å². The van der Waals surface area contributed by atoms with Gasteiger partial charge in [-0.1, -0.05) is 19.9 Å². The molecule has 1 N–H and O–H groups in total. The zero-order chi connectivity index (χ0) is 11.8. The van der Waals surface area contributed by atoms with Crippen LogP contribution in [0.3, 0.4) is 0 Å². The van der Waals surface area contributed by atoms with Gasteiger partial charge in [0, 0.05) is 12.4 Å². The number of rotatable bonds is 1. The molecule has 0 saturated heterocycles. The Bertz CT molecular complexity index is 420. The number of nitrogens with zero attached hydrogens (tertiary/aromatic N) is 1. The highest BCUT2D eigenvalue weighted by atomic mass is 16.3. The number of aliphatic hydroxyl groups excluding tert-OH is 1. The van der Waals surface area contributed by atoms with Crippen molar-refractivity contribution in [2.45, 2.75) is 39.7 Å². The van der Waals surface area contributed by atoms with Crippen LogP contribution < -0.4 is 0 Å². The zero-order valence-electron chi connectivity index (χ0n) is 10.2. The Morgan fingerprint density at radius 3 is 2.81 bits per heavy atom. The van der Waals surface area contributed by atoms with Crippen molar-refractivity contribution in [1.29, 1.82) is 0 Å². The van der Waals surface area contributed by atoms with Gasteiger partial charge in [0.05, 0.1) is 6.10 Å². The summed E-state index contributed by atoms with van der Waals surface area (Å²) in [6, 6.07) is 2.02. The van der Waals surface area contributed by atoms with E-state index >= 15 is 0 Å². The van der Waals surface area contributed by atoms with Crippen LogP contribution in [0.4, 0.5) is 0 Å². The van der Waals surface area contributed by atoms with Crippen LogP contribution in [0, 0.1) is 12.3 Å². The molecule has 0 aliphatic heterocycles. The van der Waals surface area contributed by atoms with Gasteiger partial charge in [0.1, 0.15) is 0 Å². The first-order valence-corrected chi connectivity index (χ1v) is 5.78. The first kappa shape index (κ1) is 11.3. The smallest absolute Gasteiger partial charge is 0.0732 e. The first-order valence-electron chi connectivity index (χ1n) is 5.78. The van der Waals surface area contributed by atoms with Gasteiger partial charge in [0.2, 0.25) is 0 Å². The summed E-state index contributed by atoms with van der Waals surface area (Å²) < 4.78 is 0. The van der Waals surface area contributed by atoms with Crippen molar-refractivity contribution >= 4 is 5.57 Å². The van der Waals surface area contributed by atoms with E-state index in [1.54, 1.807) is 0 Å². The van der Waals surface area contributed by atoms with Crippen LogP contribution in [0.5, 0.6) is 0 Å². The second-order valence-electron chi connectivity index (χ2n) is 5.49. The van der Waals surface area contributed by atoms with Gasteiger partial charge in [-0.15, -0.1) is 0 Å². The van der Waals surface area contributed by atoms with Crippen LogP contribution in [0.25, 0.3) is 5.57 Å². The maximum absolute atomic E-state index is 9.87. The molecule has 2 heteroatoms. The van der Waals surface area contributed by atoms with Crippen LogP contribution in [-0.2, 0) is 0 Å². The number of pyridine rings is 1. The number of hydrogen-bond donors (Lipinski definition) is 1. The van der Waals surface area contributed by atoms with E-state index in [2.05, 4.69) is 25.8 Å². The number of aromatic nitrogens is 1. The average molecular weight is 217 g/mol. The van der Waals surface area contributed by atoms with Gasteiger partial charge in [-0.05, 0) is 47.9 Å². The molecule has 0 radical (unpaired) electrons. The normalized spacial score (nSPS) is 24.0. The predicted molar refractivity (Wildman–Crippen MR) is 66.0 cm³/mol. The van der Waals surface area contributed by atoms with Gasteiger partial charge in [0.15, 0.2) is 0 Å². The molecule has 1 aromatic rings. The van der Waals surface area contributed by atoms with Gasteiger partial charge in [-0.25, -0.2) is 0 Å². The minimum absolute atomic E-state index is 0.172. The Kier molecular flexibility index (Phi) is 2.85. The third-order valence-electron chi connectivity index (χ3n) is 3.21. The lowest BCUT2D eigenvalue weighted by Gasteiger charge is -2.33. The molecule has 0 fully saturated rings. The lowest BCUT2D eigenvalue weighted by Crippen LogP contribution is -2.24. The lowest BCUT2D eigenvalue weighted by atomic mass is 9.74. The van der Waals surface area contributed by atoms with E-state index in [9.17, 15) is 5.11 Å². The molecule has 86 valence electrons. The minimum atomic E-state index is -0.321. The highest BCUT2D eigenvalue weighted by Crippen LogP contribution is 2.39. The third-order valence-corrected chi connectivity index (χ3v) is 3.21. The molecular formula is C14H19NO. The molecule has 16 heavy (non-hydrogen) atoms.